The Balaban J connectivity index is 1.65. The molecule has 0 aliphatic heterocycles. The zero-order valence-corrected chi connectivity index (χ0v) is 16.1. The van der Waals surface area contributed by atoms with Gasteiger partial charge in [-0.2, -0.15) is 0 Å². The van der Waals surface area contributed by atoms with Crippen LogP contribution in [0.2, 0.25) is 0 Å². The highest BCUT2D eigenvalue weighted by molar-refractivity contribution is 7.92. The van der Waals surface area contributed by atoms with Gasteiger partial charge in [0.1, 0.15) is 0 Å². The first-order chi connectivity index (χ1) is 13.4. The molecule has 0 aliphatic rings. The van der Waals surface area contributed by atoms with Gasteiger partial charge in [0.25, 0.3) is 10.0 Å². The SMILES string of the molecule is Cc1ccccc1/C=C/C(=O)Nc1ccc(S(=O)(=O)Nc2ccccc2)cc1. The van der Waals surface area contributed by atoms with Crippen molar-refractivity contribution in [3.8, 4) is 0 Å². The van der Waals surface area contributed by atoms with Crippen molar-refractivity contribution in [1.82, 2.24) is 0 Å². The highest BCUT2D eigenvalue weighted by atomic mass is 32.2. The normalized spacial score (nSPS) is 11.3. The molecule has 0 bridgehead atoms. The fourth-order valence-corrected chi connectivity index (χ4v) is 3.62. The smallest absolute Gasteiger partial charge is 0.261 e. The molecule has 28 heavy (non-hydrogen) atoms. The highest BCUT2D eigenvalue weighted by Gasteiger charge is 2.14. The first-order valence-corrected chi connectivity index (χ1v) is 10.1. The molecule has 6 heteroatoms. The van der Waals surface area contributed by atoms with Crippen LogP contribution in [0.1, 0.15) is 11.1 Å². The zero-order chi connectivity index (χ0) is 20.0. The first-order valence-electron chi connectivity index (χ1n) is 8.67. The van der Waals surface area contributed by atoms with Crippen molar-refractivity contribution in [2.45, 2.75) is 11.8 Å². The van der Waals surface area contributed by atoms with Crippen LogP contribution < -0.4 is 10.0 Å². The van der Waals surface area contributed by atoms with E-state index in [1.54, 1.807) is 42.5 Å². The number of sulfonamides is 1. The Morgan fingerprint density at radius 3 is 2.14 bits per heavy atom. The van der Waals surface area contributed by atoms with Crippen LogP contribution in [-0.2, 0) is 14.8 Å². The van der Waals surface area contributed by atoms with E-state index in [1.165, 1.54) is 18.2 Å². The number of rotatable bonds is 6. The Hall–Kier alpha value is -3.38. The van der Waals surface area contributed by atoms with Gasteiger partial charge in [-0.05, 0) is 60.5 Å². The maximum atomic E-state index is 12.4. The summed E-state index contributed by atoms with van der Waals surface area (Å²) >= 11 is 0. The number of carbonyl (C=O) groups is 1. The summed E-state index contributed by atoms with van der Waals surface area (Å²) in [6.07, 6.45) is 3.19. The van der Waals surface area contributed by atoms with Crippen molar-refractivity contribution in [3.05, 3.63) is 96.1 Å². The molecule has 142 valence electrons. The molecule has 1 amide bonds. The van der Waals surface area contributed by atoms with Gasteiger partial charge in [0.15, 0.2) is 0 Å². The largest absolute Gasteiger partial charge is 0.323 e. The van der Waals surface area contributed by atoms with E-state index in [-0.39, 0.29) is 10.8 Å². The molecule has 0 aromatic heterocycles. The van der Waals surface area contributed by atoms with Crippen LogP contribution in [0.25, 0.3) is 6.08 Å². The van der Waals surface area contributed by atoms with Gasteiger partial charge in [0.05, 0.1) is 4.90 Å². The standard InChI is InChI=1S/C22H20N2O3S/c1-17-7-5-6-8-18(17)11-16-22(25)23-19-12-14-21(15-13-19)28(26,27)24-20-9-3-2-4-10-20/h2-16,24H,1H3,(H,23,25)/b16-11+. The van der Waals surface area contributed by atoms with Crippen molar-refractivity contribution in [2.75, 3.05) is 10.0 Å². The second-order valence-electron chi connectivity index (χ2n) is 6.18. The molecule has 0 fully saturated rings. The summed E-state index contributed by atoms with van der Waals surface area (Å²) in [6, 6.07) is 22.4. The minimum Gasteiger partial charge on any atom is -0.323 e. The average molecular weight is 392 g/mol. The Bertz CT molecular complexity index is 1090. The van der Waals surface area contributed by atoms with Crippen molar-refractivity contribution >= 4 is 33.4 Å². The van der Waals surface area contributed by atoms with E-state index in [4.69, 9.17) is 0 Å². The second-order valence-corrected chi connectivity index (χ2v) is 7.86. The molecule has 0 spiro atoms. The maximum Gasteiger partial charge on any atom is 0.261 e. The lowest BCUT2D eigenvalue weighted by Crippen LogP contribution is -2.13. The molecule has 0 heterocycles. The fraction of sp³-hybridized carbons (Fsp3) is 0.0455. The zero-order valence-electron chi connectivity index (χ0n) is 15.3. The molecule has 0 atom stereocenters. The number of anilines is 2. The molecule has 5 nitrogen and oxygen atoms in total. The monoisotopic (exact) mass is 392 g/mol. The summed E-state index contributed by atoms with van der Waals surface area (Å²) in [4.78, 5) is 12.2. The van der Waals surface area contributed by atoms with E-state index < -0.39 is 10.0 Å². The molecule has 0 saturated heterocycles. The third-order valence-electron chi connectivity index (χ3n) is 4.06. The molecular formula is C22H20N2O3S. The van der Waals surface area contributed by atoms with Crippen LogP contribution in [0.5, 0.6) is 0 Å². The van der Waals surface area contributed by atoms with Crippen molar-refractivity contribution in [2.24, 2.45) is 0 Å². The Morgan fingerprint density at radius 1 is 0.821 bits per heavy atom. The van der Waals surface area contributed by atoms with Crippen LogP contribution >= 0.6 is 0 Å². The van der Waals surface area contributed by atoms with Crippen molar-refractivity contribution < 1.29 is 13.2 Å². The maximum absolute atomic E-state index is 12.4. The molecule has 0 unspecified atom stereocenters. The van der Waals surface area contributed by atoms with Crippen molar-refractivity contribution in [1.29, 1.82) is 0 Å². The predicted molar refractivity (Wildman–Crippen MR) is 113 cm³/mol. The van der Waals surface area contributed by atoms with Gasteiger partial charge in [-0.3, -0.25) is 9.52 Å². The summed E-state index contributed by atoms with van der Waals surface area (Å²) in [5.41, 5.74) is 3.04. The van der Waals surface area contributed by atoms with Crippen molar-refractivity contribution in [3.63, 3.8) is 0 Å². The summed E-state index contributed by atoms with van der Waals surface area (Å²) in [5, 5.41) is 2.72. The molecule has 3 aromatic rings. The van der Waals surface area contributed by atoms with Crippen LogP contribution in [0.15, 0.2) is 89.8 Å². The van der Waals surface area contributed by atoms with E-state index in [2.05, 4.69) is 10.0 Å². The lowest BCUT2D eigenvalue weighted by atomic mass is 10.1. The molecule has 0 aliphatic carbocycles. The van der Waals surface area contributed by atoms with Gasteiger partial charge in [-0.25, -0.2) is 8.42 Å². The van der Waals surface area contributed by atoms with Gasteiger partial charge >= 0.3 is 0 Å². The number of aryl methyl sites for hydroxylation is 1. The molecule has 3 rings (SSSR count). The summed E-state index contributed by atoms with van der Waals surface area (Å²) in [7, 11) is -3.69. The van der Waals surface area contributed by atoms with Gasteiger partial charge in [-0.1, -0.05) is 42.5 Å². The topological polar surface area (TPSA) is 75.3 Å². The third kappa shape index (κ3) is 5.08. The number of amides is 1. The summed E-state index contributed by atoms with van der Waals surface area (Å²) in [5.74, 6) is -0.290. The van der Waals surface area contributed by atoms with E-state index in [0.29, 0.717) is 11.4 Å². The number of benzene rings is 3. The summed E-state index contributed by atoms with van der Waals surface area (Å²) < 4.78 is 27.3. The first kappa shape index (κ1) is 19.4. The second kappa shape index (κ2) is 8.54. The number of carbonyl (C=O) groups excluding carboxylic acids is 1. The number of para-hydroxylation sites is 1. The van der Waals surface area contributed by atoms with Gasteiger partial charge in [-0.15, -0.1) is 0 Å². The lowest BCUT2D eigenvalue weighted by Gasteiger charge is -2.09. The minimum atomic E-state index is -3.69. The predicted octanol–water partition coefficient (Wildman–Crippen LogP) is 4.45. The Morgan fingerprint density at radius 2 is 1.46 bits per heavy atom. The molecule has 3 aromatic carbocycles. The molecule has 0 saturated carbocycles. The number of nitrogens with one attached hydrogen (secondary N) is 2. The highest BCUT2D eigenvalue weighted by Crippen LogP contribution is 2.18. The fourth-order valence-electron chi connectivity index (χ4n) is 2.56. The Labute approximate surface area is 164 Å². The van der Waals surface area contributed by atoms with Gasteiger partial charge in [0.2, 0.25) is 5.91 Å². The lowest BCUT2D eigenvalue weighted by molar-refractivity contribution is -0.111. The van der Waals surface area contributed by atoms with Gasteiger partial charge in [0, 0.05) is 17.5 Å². The Kier molecular flexibility index (Phi) is 5.91. The van der Waals surface area contributed by atoms with Crippen LogP contribution in [0.3, 0.4) is 0 Å². The van der Waals surface area contributed by atoms with E-state index >= 15 is 0 Å². The molecule has 2 N–H and O–H groups in total. The van der Waals surface area contributed by atoms with E-state index in [0.717, 1.165) is 11.1 Å². The molecule has 0 radical (unpaired) electrons. The van der Waals surface area contributed by atoms with Crippen LogP contribution in [0.4, 0.5) is 11.4 Å². The van der Waals surface area contributed by atoms with E-state index in [9.17, 15) is 13.2 Å². The average Bonchev–Trinajstić information content (AvgIpc) is 2.68. The molecular weight excluding hydrogens is 372 g/mol. The van der Waals surface area contributed by atoms with Gasteiger partial charge < -0.3 is 5.32 Å². The number of hydrogen-bond acceptors (Lipinski definition) is 3. The third-order valence-corrected chi connectivity index (χ3v) is 5.46. The van der Waals surface area contributed by atoms with Crippen LogP contribution in [-0.4, -0.2) is 14.3 Å². The quantitative estimate of drug-likeness (QED) is 0.609. The number of hydrogen-bond donors (Lipinski definition) is 2. The van der Waals surface area contributed by atoms with E-state index in [1.807, 2.05) is 37.3 Å². The minimum absolute atomic E-state index is 0.116. The summed E-state index contributed by atoms with van der Waals surface area (Å²) in [6.45, 7) is 1.97. The van der Waals surface area contributed by atoms with Crippen LogP contribution in [0, 0.1) is 6.92 Å².